The maximum absolute atomic E-state index is 12.8. The van der Waals surface area contributed by atoms with E-state index in [9.17, 15) is 4.79 Å². The molecule has 0 aromatic heterocycles. The van der Waals surface area contributed by atoms with Crippen LogP contribution in [-0.4, -0.2) is 17.3 Å². The number of rotatable bonds is 2. The third kappa shape index (κ3) is 3.65. The van der Waals surface area contributed by atoms with Gasteiger partial charge in [-0.25, -0.2) is 0 Å². The summed E-state index contributed by atoms with van der Waals surface area (Å²) in [7, 11) is 0. The van der Waals surface area contributed by atoms with Crippen LogP contribution < -0.4 is 0 Å². The SMILES string of the molecule is Cc1ccccc1C=C1CSCC(=Cc2ccccc2C)C1=O. The van der Waals surface area contributed by atoms with Crippen LogP contribution in [0.25, 0.3) is 12.2 Å². The fourth-order valence-corrected chi connectivity index (χ4v) is 3.67. The highest BCUT2D eigenvalue weighted by Crippen LogP contribution is 2.28. The van der Waals surface area contributed by atoms with Crippen LogP contribution in [0.4, 0.5) is 0 Å². The van der Waals surface area contributed by atoms with E-state index >= 15 is 0 Å². The van der Waals surface area contributed by atoms with Gasteiger partial charge in [0.15, 0.2) is 5.78 Å². The second-order valence-corrected chi connectivity index (χ2v) is 6.86. The third-order valence-corrected chi connectivity index (χ3v) is 5.17. The fourth-order valence-electron chi connectivity index (χ4n) is 2.70. The number of thioether (sulfide) groups is 1. The molecule has 0 atom stereocenters. The van der Waals surface area contributed by atoms with Crippen molar-refractivity contribution in [2.75, 3.05) is 11.5 Å². The number of aryl methyl sites for hydroxylation is 2. The van der Waals surface area contributed by atoms with Gasteiger partial charge in [-0.1, -0.05) is 48.5 Å². The van der Waals surface area contributed by atoms with E-state index in [1.807, 2.05) is 36.0 Å². The Labute approximate surface area is 142 Å². The van der Waals surface area contributed by atoms with Crippen molar-refractivity contribution < 1.29 is 4.79 Å². The number of benzene rings is 2. The van der Waals surface area contributed by atoms with Gasteiger partial charge in [-0.2, -0.15) is 11.8 Å². The zero-order valence-corrected chi connectivity index (χ0v) is 14.3. The highest BCUT2D eigenvalue weighted by atomic mass is 32.2. The molecule has 116 valence electrons. The smallest absolute Gasteiger partial charge is 0.186 e. The maximum atomic E-state index is 12.8. The number of ketones is 1. The molecule has 0 bridgehead atoms. The van der Waals surface area contributed by atoms with E-state index in [-0.39, 0.29) is 5.78 Å². The minimum Gasteiger partial charge on any atom is -0.289 e. The van der Waals surface area contributed by atoms with E-state index in [1.54, 1.807) is 0 Å². The first kappa shape index (κ1) is 15.8. The van der Waals surface area contributed by atoms with Gasteiger partial charge >= 0.3 is 0 Å². The van der Waals surface area contributed by atoms with Crippen molar-refractivity contribution in [1.29, 1.82) is 0 Å². The third-order valence-electron chi connectivity index (χ3n) is 4.13. The summed E-state index contributed by atoms with van der Waals surface area (Å²) in [5, 5.41) is 0. The lowest BCUT2D eigenvalue weighted by molar-refractivity contribution is -0.112. The first-order valence-electron chi connectivity index (χ1n) is 7.80. The van der Waals surface area contributed by atoms with Crippen LogP contribution in [0, 0.1) is 13.8 Å². The van der Waals surface area contributed by atoms with Crippen LogP contribution >= 0.6 is 11.8 Å². The van der Waals surface area contributed by atoms with Crippen molar-refractivity contribution in [3.63, 3.8) is 0 Å². The average molecular weight is 320 g/mol. The van der Waals surface area contributed by atoms with E-state index < -0.39 is 0 Å². The molecule has 0 saturated carbocycles. The van der Waals surface area contributed by atoms with Gasteiger partial charge < -0.3 is 0 Å². The number of hydrogen-bond acceptors (Lipinski definition) is 2. The molecule has 1 saturated heterocycles. The van der Waals surface area contributed by atoms with Crippen LogP contribution in [0.5, 0.6) is 0 Å². The van der Waals surface area contributed by atoms with Crippen molar-refractivity contribution in [1.82, 2.24) is 0 Å². The summed E-state index contributed by atoms with van der Waals surface area (Å²) in [5.74, 6) is 1.77. The van der Waals surface area contributed by atoms with E-state index in [0.29, 0.717) is 0 Å². The van der Waals surface area contributed by atoms with E-state index in [4.69, 9.17) is 0 Å². The van der Waals surface area contributed by atoms with Gasteiger partial charge in [0.25, 0.3) is 0 Å². The molecule has 2 heteroatoms. The normalized spacial score (nSPS) is 18.6. The van der Waals surface area contributed by atoms with Gasteiger partial charge in [0, 0.05) is 22.7 Å². The molecule has 2 aromatic rings. The molecule has 2 aromatic carbocycles. The Morgan fingerprint density at radius 1 is 0.783 bits per heavy atom. The van der Waals surface area contributed by atoms with Gasteiger partial charge in [0.05, 0.1) is 0 Å². The highest BCUT2D eigenvalue weighted by Gasteiger charge is 2.21. The van der Waals surface area contributed by atoms with E-state index in [2.05, 4.69) is 50.3 Å². The fraction of sp³-hybridized carbons (Fsp3) is 0.190. The van der Waals surface area contributed by atoms with Gasteiger partial charge in [-0.05, 0) is 48.3 Å². The van der Waals surface area contributed by atoms with Crippen molar-refractivity contribution >= 4 is 29.7 Å². The molecule has 1 aliphatic rings. The molecule has 23 heavy (non-hydrogen) atoms. The lowest BCUT2D eigenvalue weighted by atomic mass is 9.98. The first-order chi connectivity index (χ1) is 11.1. The van der Waals surface area contributed by atoms with E-state index in [0.717, 1.165) is 33.8 Å². The molecule has 0 unspecified atom stereocenters. The Morgan fingerprint density at radius 3 is 1.65 bits per heavy atom. The number of carbonyl (C=O) groups excluding carboxylic acids is 1. The molecule has 1 aliphatic heterocycles. The van der Waals surface area contributed by atoms with E-state index in [1.165, 1.54) is 11.1 Å². The van der Waals surface area contributed by atoms with Crippen LogP contribution in [-0.2, 0) is 4.79 Å². The van der Waals surface area contributed by atoms with Gasteiger partial charge in [0.1, 0.15) is 0 Å². The second kappa shape index (κ2) is 7.01. The monoisotopic (exact) mass is 320 g/mol. The Hall–Kier alpha value is -2.06. The molecule has 0 N–H and O–H groups in total. The maximum Gasteiger partial charge on any atom is 0.186 e. The van der Waals surface area contributed by atoms with Crippen LogP contribution in [0.2, 0.25) is 0 Å². The Morgan fingerprint density at radius 2 is 1.22 bits per heavy atom. The minimum atomic E-state index is 0.190. The number of Topliss-reactive ketones (excluding diaryl/α,β-unsaturated/α-hetero) is 1. The van der Waals surface area contributed by atoms with Crippen LogP contribution in [0.3, 0.4) is 0 Å². The minimum absolute atomic E-state index is 0.190. The second-order valence-electron chi connectivity index (χ2n) is 5.87. The lowest BCUT2D eigenvalue weighted by Gasteiger charge is -2.17. The molecule has 0 spiro atoms. The van der Waals surface area contributed by atoms with Gasteiger partial charge in [0.2, 0.25) is 0 Å². The molecule has 1 fully saturated rings. The molecule has 0 amide bonds. The quantitative estimate of drug-likeness (QED) is 0.717. The largest absolute Gasteiger partial charge is 0.289 e. The van der Waals surface area contributed by atoms with Crippen molar-refractivity contribution in [2.24, 2.45) is 0 Å². The Kier molecular flexibility index (Phi) is 4.82. The Bertz CT molecular complexity index is 733. The summed E-state index contributed by atoms with van der Waals surface area (Å²) in [5.41, 5.74) is 6.47. The summed E-state index contributed by atoms with van der Waals surface area (Å²) in [4.78, 5) is 12.8. The van der Waals surface area contributed by atoms with Crippen molar-refractivity contribution in [3.8, 4) is 0 Å². The van der Waals surface area contributed by atoms with Gasteiger partial charge in [-0.3, -0.25) is 4.79 Å². The molecule has 3 rings (SSSR count). The zero-order valence-electron chi connectivity index (χ0n) is 13.5. The zero-order chi connectivity index (χ0) is 16.2. The first-order valence-corrected chi connectivity index (χ1v) is 8.95. The summed E-state index contributed by atoms with van der Waals surface area (Å²) in [6.07, 6.45) is 4.10. The standard InChI is InChI=1S/C21H20OS/c1-15-7-3-5-9-17(15)11-19-13-23-14-20(21(19)22)12-18-10-6-4-8-16(18)2/h3-12H,13-14H2,1-2H3. The predicted octanol–water partition coefficient (Wildman–Crippen LogP) is 5.09. The summed E-state index contributed by atoms with van der Waals surface area (Å²) < 4.78 is 0. The molecule has 1 nitrogen and oxygen atoms in total. The average Bonchev–Trinajstić information content (AvgIpc) is 2.55. The summed E-state index contributed by atoms with van der Waals surface area (Å²) in [6, 6.07) is 16.4. The molecule has 0 aliphatic carbocycles. The highest BCUT2D eigenvalue weighted by molar-refractivity contribution is 7.99. The van der Waals surface area contributed by atoms with Crippen molar-refractivity contribution in [3.05, 3.63) is 81.9 Å². The Balaban J connectivity index is 1.93. The number of carbonyl (C=O) groups is 1. The predicted molar refractivity (Wildman–Crippen MR) is 101 cm³/mol. The molecule has 1 heterocycles. The number of hydrogen-bond donors (Lipinski definition) is 0. The lowest BCUT2D eigenvalue weighted by Crippen LogP contribution is -2.16. The van der Waals surface area contributed by atoms with Crippen molar-refractivity contribution in [2.45, 2.75) is 13.8 Å². The van der Waals surface area contributed by atoms with Gasteiger partial charge in [-0.15, -0.1) is 0 Å². The summed E-state index contributed by atoms with van der Waals surface area (Å²) in [6.45, 7) is 4.16. The topological polar surface area (TPSA) is 17.1 Å². The van der Waals surface area contributed by atoms with Crippen LogP contribution in [0.15, 0.2) is 59.7 Å². The summed E-state index contributed by atoms with van der Waals surface area (Å²) >= 11 is 1.81. The molecular formula is C21H20OS. The van der Waals surface area contributed by atoms with Crippen LogP contribution in [0.1, 0.15) is 22.3 Å². The molecular weight excluding hydrogens is 300 g/mol. The molecule has 0 radical (unpaired) electrons.